The first kappa shape index (κ1) is 10.5. The summed E-state index contributed by atoms with van der Waals surface area (Å²) in [6, 6.07) is 5.68. The molecule has 0 bridgehead atoms. The van der Waals surface area contributed by atoms with Gasteiger partial charge >= 0.3 is 0 Å². The molecule has 0 radical (unpaired) electrons. The molecule has 2 N–H and O–H groups in total. The van der Waals surface area contributed by atoms with E-state index < -0.39 is 10.0 Å². The van der Waals surface area contributed by atoms with Crippen LogP contribution in [0.5, 0.6) is 0 Å². The smallest absolute Gasteiger partial charge is 0.224 e. The summed E-state index contributed by atoms with van der Waals surface area (Å²) >= 11 is 1.11. The molecule has 0 aliphatic heterocycles. The summed E-state index contributed by atoms with van der Waals surface area (Å²) in [4.78, 5) is 4.06. The van der Waals surface area contributed by atoms with Crippen LogP contribution in [0, 0.1) is 0 Å². The zero-order chi connectivity index (χ0) is 11.1. The minimum atomic E-state index is -3.68. The number of hydrogen-bond donors (Lipinski definition) is 1. The van der Waals surface area contributed by atoms with Crippen LogP contribution in [0.25, 0.3) is 10.2 Å². The molecule has 1 aromatic carbocycles. The number of sulfonamides is 1. The molecule has 0 unspecified atom stereocenters. The number of nitrogens with two attached hydrogens (primary N) is 1. The highest BCUT2D eigenvalue weighted by Crippen LogP contribution is 2.27. The van der Waals surface area contributed by atoms with Gasteiger partial charge in [-0.25, -0.2) is 18.5 Å². The Kier molecular flexibility index (Phi) is 2.49. The van der Waals surface area contributed by atoms with Gasteiger partial charge in [0.1, 0.15) is 0 Å². The Hall–Kier alpha value is -0.980. The van der Waals surface area contributed by atoms with Gasteiger partial charge in [0.2, 0.25) is 4.34 Å². The quantitative estimate of drug-likeness (QED) is 0.867. The Morgan fingerprint density at radius 1 is 1.47 bits per heavy atom. The second-order valence-electron chi connectivity index (χ2n) is 3.14. The van der Waals surface area contributed by atoms with Gasteiger partial charge in [-0.1, -0.05) is 19.1 Å². The van der Waals surface area contributed by atoms with Crippen molar-refractivity contribution >= 4 is 31.6 Å². The summed E-state index contributed by atoms with van der Waals surface area (Å²) in [6.45, 7) is 2.00. The predicted molar refractivity (Wildman–Crippen MR) is 60.4 cm³/mol. The van der Waals surface area contributed by atoms with Crippen molar-refractivity contribution in [2.24, 2.45) is 5.14 Å². The number of benzene rings is 1. The summed E-state index contributed by atoms with van der Waals surface area (Å²) in [6.07, 6.45) is 0.825. The molecule has 2 rings (SSSR count). The molecular formula is C9H10N2O2S2. The third kappa shape index (κ3) is 1.88. The molecule has 80 valence electrons. The second kappa shape index (κ2) is 3.55. The summed E-state index contributed by atoms with van der Waals surface area (Å²) in [5.41, 5.74) is 1.78. The first-order valence-electron chi connectivity index (χ1n) is 4.43. The SMILES string of the molecule is CCc1cccc2sc(S(N)(=O)=O)nc12. The molecule has 0 atom stereocenters. The lowest BCUT2D eigenvalue weighted by Gasteiger charge is -1.95. The van der Waals surface area contributed by atoms with E-state index in [9.17, 15) is 8.42 Å². The highest BCUT2D eigenvalue weighted by molar-refractivity contribution is 7.91. The van der Waals surface area contributed by atoms with Crippen molar-refractivity contribution in [1.29, 1.82) is 0 Å². The number of rotatable bonds is 2. The Bertz CT molecular complexity index is 602. The molecule has 6 heteroatoms. The van der Waals surface area contributed by atoms with Crippen LogP contribution in [0.1, 0.15) is 12.5 Å². The molecular weight excluding hydrogens is 232 g/mol. The normalized spacial score (nSPS) is 12.1. The van der Waals surface area contributed by atoms with E-state index in [2.05, 4.69) is 4.98 Å². The summed E-state index contributed by atoms with van der Waals surface area (Å²) < 4.78 is 23.1. The number of nitrogens with zero attached hydrogens (tertiary/aromatic N) is 1. The summed E-state index contributed by atoms with van der Waals surface area (Å²) in [7, 11) is -3.68. The molecule has 0 amide bonds. The van der Waals surface area contributed by atoms with E-state index in [1.54, 1.807) is 0 Å². The molecule has 2 aromatic rings. The van der Waals surface area contributed by atoms with E-state index >= 15 is 0 Å². The molecule has 0 aliphatic carbocycles. The Balaban J connectivity index is 2.76. The summed E-state index contributed by atoms with van der Waals surface area (Å²) in [5.74, 6) is 0. The topological polar surface area (TPSA) is 73.1 Å². The van der Waals surface area contributed by atoms with Crippen molar-refractivity contribution in [3.05, 3.63) is 23.8 Å². The lowest BCUT2D eigenvalue weighted by atomic mass is 10.1. The van der Waals surface area contributed by atoms with E-state index in [4.69, 9.17) is 5.14 Å². The zero-order valence-corrected chi connectivity index (χ0v) is 9.73. The molecule has 0 fully saturated rings. The van der Waals surface area contributed by atoms with Crippen LogP contribution in [-0.4, -0.2) is 13.4 Å². The van der Waals surface area contributed by atoms with Gasteiger partial charge in [0.15, 0.2) is 0 Å². The molecule has 0 saturated carbocycles. The van der Waals surface area contributed by atoms with Gasteiger partial charge in [-0.3, -0.25) is 0 Å². The third-order valence-corrected chi connectivity index (χ3v) is 4.45. The maximum Gasteiger partial charge on any atom is 0.265 e. The first-order chi connectivity index (χ1) is 7.02. The zero-order valence-electron chi connectivity index (χ0n) is 8.10. The van der Waals surface area contributed by atoms with Crippen LogP contribution in [0.2, 0.25) is 0 Å². The number of thiazole rings is 1. The van der Waals surface area contributed by atoms with E-state index in [1.807, 2.05) is 25.1 Å². The van der Waals surface area contributed by atoms with Crippen molar-refractivity contribution in [3.8, 4) is 0 Å². The van der Waals surface area contributed by atoms with Crippen molar-refractivity contribution in [1.82, 2.24) is 4.98 Å². The third-order valence-electron chi connectivity index (χ3n) is 2.11. The number of hydrogen-bond acceptors (Lipinski definition) is 4. The number of aryl methyl sites for hydroxylation is 1. The van der Waals surface area contributed by atoms with Crippen molar-refractivity contribution in [2.75, 3.05) is 0 Å². The molecule has 4 nitrogen and oxygen atoms in total. The number of para-hydroxylation sites is 1. The minimum absolute atomic E-state index is 0.0154. The fourth-order valence-corrected chi connectivity index (χ4v) is 3.09. The van der Waals surface area contributed by atoms with Crippen molar-refractivity contribution < 1.29 is 8.42 Å². The highest BCUT2D eigenvalue weighted by Gasteiger charge is 2.15. The van der Waals surface area contributed by atoms with Gasteiger partial charge in [-0.05, 0) is 18.1 Å². The molecule has 1 aromatic heterocycles. The van der Waals surface area contributed by atoms with Gasteiger partial charge in [0.25, 0.3) is 10.0 Å². The largest absolute Gasteiger partial charge is 0.265 e. The van der Waals surface area contributed by atoms with Crippen molar-refractivity contribution in [3.63, 3.8) is 0 Å². The standard InChI is InChI=1S/C9H10N2O2S2/c1-2-6-4-3-5-7-8(6)11-9(14-7)15(10,12)13/h3-5H,2H2,1H3,(H2,10,12,13). The summed E-state index contributed by atoms with van der Waals surface area (Å²) in [5, 5.41) is 5.03. The van der Waals surface area contributed by atoms with E-state index in [1.165, 1.54) is 0 Å². The number of aromatic nitrogens is 1. The van der Waals surface area contributed by atoms with Crippen molar-refractivity contribution in [2.45, 2.75) is 17.7 Å². The maximum atomic E-state index is 11.1. The Morgan fingerprint density at radius 2 is 2.20 bits per heavy atom. The van der Waals surface area contributed by atoms with E-state index in [0.29, 0.717) is 0 Å². The average molecular weight is 242 g/mol. The lowest BCUT2D eigenvalue weighted by molar-refractivity contribution is 0.597. The van der Waals surface area contributed by atoms with Crippen LogP contribution in [0.4, 0.5) is 0 Å². The molecule has 0 saturated heterocycles. The monoisotopic (exact) mass is 242 g/mol. The minimum Gasteiger partial charge on any atom is -0.224 e. The van der Waals surface area contributed by atoms with Gasteiger partial charge in [-0.2, -0.15) is 0 Å². The second-order valence-corrected chi connectivity index (χ2v) is 5.91. The average Bonchev–Trinajstić information content (AvgIpc) is 2.59. The van der Waals surface area contributed by atoms with Gasteiger partial charge in [-0.15, -0.1) is 11.3 Å². The predicted octanol–water partition coefficient (Wildman–Crippen LogP) is 1.51. The van der Waals surface area contributed by atoms with Gasteiger partial charge < -0.3 is 0 Å². The molecule has 0 aliphatic rings. The van der Waals surface area contributed by atoms with E-state index in [-0.39, 0.29) is 4.34 Å². The van der Waals surface area contributed by atoms with E-state index in [0.717, 1.165) is 33.5 Å². The Labute approximate surface area is 91.8 Å². The van der Waals surface area contributed by atoms with Crippen LogP contribution in [0.3, 0.4) is 0 Å². The Morgan fingerprint density at radius 3 is 2.80 bits per heavy atom. The molecule has 0 spiro atoms. The van der Waals surface area contributed by atoms with Crippen LogP contribution < -0.4 is 5.14 Å². The van der Waals surface area contributed by atoms with Crippen LogP contribution in [0.15, 0.2) is 22.5 Å². The maximum absolute atomic E-state index is 11.1. The first-order valence-corrected chi connectivity index (χ1v) is 6.80. The fourth-order valence-electron chi connectivity index (χ4n) is 1.39. The van der Waals surface area contributed by atoms with Gasteiger partial charge in [0.05, 0.1) is 10.2 Å². The number of fused-ring (bicyclic) bond motifs is 1. The number of primary sulfonamides is 1. The van der Waals surface area contributed by atoms with Gasteiger partial charge in [0, 0.05) is 0 Å². The lowest BCUT2D eigenvalue weighted by Crippen LogP contribution is -2.11. The highest BCUT2D eigenvalue weighted by atomic mass is 32.2. The van der Waals surface area contributed by atoms with Crippen LogP contribution in [-0.2, 0) is 16.4 Å². The molecule has 1 heterocycles. The van der Waals surface area contributed by atoms with Crippen LogP contribution >= 0.6 is 11.3 Å². The molecule has 15 heavy (non-hydrogen) atoms. The fraction of sp³-hybridized carbons (Fsp3) is 0.222.